The second-order valence-corrected chi connectivity index (χ2v) is 11.6. The standard InChI is InChI=1S/C30H29N5O7S2/c1-3-21(29(39)42-24(17-10-6-4-7-11-17)18-12-8-5-9-13-18)41-28(38)20-14-15-43-27-23(26(37)35(20)27)33-25(36)22(34-40-2)19-16-44-30(31)32-19/h4-14,16,21,23-24,27H,3,15H2,1-2H3,(H2,31,32)(H,33,36)/t21?,23?,27-/m0/s1. The van der Waals surface area contributed by atoms with E-state index in [1.54, 1.807) is 18.4 Å². The quantitative estimate of drug-likeness (QED) is 0.139. The predicted octanol–water partition coefficient (Wildman–Crippen LogP) is 3.01. The molecule has 5 rings (SSSR count). The van der Waals surface area contributed by atoms with E-state index < -0.39 is 47.4 Å². The zero-order chi connectivity index (χ0) is 31.2. The second kappa shape index (κ2) is 13.7. The molecule has 1 saturated heterocycles. The minimum Gasteiger partial charge on any atom is -0.450 e. The minimum atomic E-state index is -1.21. The van der Waals surface area contributed by atoms with Gasteiger partial charge in [0, 0.05) is 11.1 Å². The Morgan fingerprint density at radius 3 is 2.32 bits per heavy atom. The van der Waals surface area contributed by atoms with Gasteiger partial charge in [0.05, 0.1) is 0 Å². The molecule has 2 aliphatic rings. The number of carbonyl (C=O) groups excluding carboxylic acids is 4. The number of nitrogens with one attached hydrogen (secondary N) is 1. The lowest BCUT2D eigenvalue weighted by molar-refractivity contribution is -0.170. The molecule has 0 bridgehead atoms. The van der Waals surface area contributed by atoms with Crippen LogP contribution in [0.4, 0.5) is 5.13 Å². The number of ether oxygens (including phenoxy) is 2. The molecule has 0 spiro atoms. The average molecular weight is 636 g/mol. The van der Waals surface area contributed by atoms with Gasteiger partial charge in [0.15, 0.2) is 23.1 Å². The molecule has 14 heteroatoms. The van der Waals surface area contributed by atoms with Crippen molar-refractivity contribution in [1.29, 1.82) is 0 Å². The molecule has 2 aromatic carbocycles. The molecule has 228 valence electrons. The predicted molar refractivity (Wildman–Crippen MR) is 164 cm³/mol. The third-order valence-corrected chi connectivity index (χ3v) is 8.68. The van der Waals surface area contributed by atoms with Crippen LogP contribution >= 0.6 is 23.1 Å². The first-order chi connectivity index (χ1) is 21.3. The summed E-state index contributed by atoms with van der Waals surface area (Å²) >= 11 is 2.48. The van der Waals surface area contributed by atoms with Crippen molar-refractivity contribution >= 4 is 57.7 Å². The summed E-state index contributed by atoms with van der Waals surface area (Å²) in [7, 11) is 1.28. The van der Waals surface area contributed by atoms with Crippen molar-refractivity contribution in [3.8, 4) is 0 Å². The van der Waals surface area contributed by atoms with Gasteiger partial charge in [0.25, 0.3) is 11.8 Å². The lowest BCUT2D eigenvalue weighted by Gasteiger charge is -2.48. The first-order valence-corrected chi connectivity index (χ1v) is 15.5. The summed E-state index contributed by atoms with van der Waals surface area (Å²) in [6, 6.07) is 17.6. The molecule has 1 fully saturated rings. The normalized spacial score (nSPS) is 18.4. The first kappa shape index (κ1) is 30.8. The van der Waals surface area contributed by atoms with Gasteiger partial charge in [-0.2, -0.15) is 0 Å². The van der Waals surface area contributed by atoms with Gasteiger partial charge in [-0.15, -0.1) is 23.1 Å². The number of aromatic nitrogens is 1. The molecule has 44 heavy (non-hydrogen) atoms. The molecule has 12 nitrogen and oxygen atoms in total. The molecule has 3 N–H and O–H groups in total. The van der Waals surface area contributed by atoms with Crippen LogP contribution in [0.1, 0.15) is 36.3 Å². The lowest BCUT2D eigenvalue weighted by Crippen LogP contribution is -2.70. The van der Waals surface area contributed by atoms with E-state index in [0.29, 0.717) is 5.75 Å². The van der Waals surface area contributed by atoms with E-state index in [1.165, 1.54) is 23.8 Å². The second-order valence-electron chi connectivity index (χ2n) is 9.61. The van der Waals surface area contributed by atoms with Gasteiger partial charge < -0.3 is 25.4 Å². The minimum absolute atomic E-state index is 0.00350. The number of nitrogens with zero attached hydrogens (tertiary/aromatic N) is 3. The number of thiazole rings is 1. The van der Waals surface area contributed by atoms with E-state index in [-0.39, 0.29) is 28.7 Å². The van der Waals surface area contributed by atoms with Gasteiger partial charge in [-0.1, -0.05) is 72.7 Å². The lowest BCUT2D eigenvalue weighted by atomic mass is 10.0. The van der Waals surface area contributed by atoms with Crippen molar-refractivity contribution in [2.24, 2.45) is 5.16 Å². The van der Waals surface area contributed by atoms with Crippen LogP contribution in [0, 0.1) is 0 Å². The summed E-state index contributed by atoms with van der Waals surface area (Å²) in [6.07, 6.45) is -0.205. The molecule has 3 atom stereocenters. The summed E-state index contributed by atoms with van der Waals surface area (Å²) in [4.78, 5) is 62.9. The fraction of sp³-hybridized carbons (Fsp3) is 0.267. The zero-order valence-corrected chi connectivity index (χ0v) is 25.4. The number of amides is 2. The number of nitrogen functional groups attached to an aromatic ring is 1. The van der Waals surface area contributed by atoms with Crippen molar-refractivity contribution in [1.82, 2.24) is 15.2 Å². The Bertz CT molecular complexity index is 1560. The SMILES string of the molecule is CCC(OC(=O)C1=CCS[C@H]2C(NC(=O)C(=NOC)c3csc(N)n3)C(=O)N12)C(=O)OC(c1ccccc1)c1ccccc1. The third-order valence-electron chi connectivity index (χ3n) is 6.83. The van der Waals surface area contributed by atoms with Crippen molar-refractivity contribution in [2.45, 2.75) is 37.0 Å². The Morgan fingerprint density at radius 2 is 1.75 bits per heavy atom. The summed E-state index contributed by atoms with van der Waals surface area (Å²) < 4.78 is 11.5. The van der Waals surface area contributed by atoms with E-state index in [1.807, 2.05) is 60.7 Å². The average Bonchev–Trinajstić information content (AvgIpc) is 3.49. The van der Waals surface area contributed by atoms with E-state index in [9.17, 15) is 19.2 Å². The molecule has 1 aromatic heterocycles. The van der Waals surface area contributed by atoms with Gasteiger partial charge in [-0.05, 0) is 23.6 Å². The molecule has 0 radical (unpaired) electrons. The van der Waals surface area contributed by atoms with Crippen molar-refractivity contribution in [3.05, 3.63) is 94.6 Å². The van der Waals surface area contributed by atoms with Crippen molar-refractivity contribution in [3.63, 3.8) is 0 Å². The number of fused-ring (bicyclic) bond motifs is 1. The maximum Gasteiger partial charge on any atom is 0.355 e. The largest absolute Gasteiger partial charge is 0.450 e. The first-order valence-electron chi connectivity index (χ1n) is 13.6. The van der Waals surface area contributed by atoms with Crippen LogP contribution in [-0.4, -0.2) is 69.7 Å². The van der Waals surface area contributed by atoms with Crippen LogP contribution in [0.2, 0.25) is 0 Å². The van der Waals surface area contributed by atoms with Crippen LogP contribution in [0.15, 0.2) is 83.0 Å². The highest BCUT2D eigenvalue weighted by molar-refractivity contribution is 8.00. The molecule has 0 saturated carbocycles. The van der Waals surface area contributed by atoms with Crippen LogP contribution < -0.4 is 11.1 Å². The zero-order valence-electron chi connectivity index (χ0n) is 23.7. The number of hydrogen-bond acceptors (Lipinski definition) is 12. The number of benzene rings is 2. The maximum atomic E-state index is 13.3. The van der Waals surface area contributed by atoms with E-state index in [2.05, 4.69) is 15.5 Å². The number of nitrogens with two attached hydrogens (primary N) is 1. The Kier molecular flexibility index (Phi) is 9.60. The van der Waals surface area contributed by atoms with E-state index >= 15 is 0 Å². The van der Waals surface area contributed by atoms with Gasteiger partial charge in [-0.25, -0.2) is 14.6 Å². The van der Waals surface area contributed by atoms with Gasteiger partial charge in [0.1, 0.15) is 29.9 Å². The molecule has 3 aromatic rings. The molecule has 0 aliphatic carbocycles. The number of hydrogen-bond donors (Lipinski definition) is 2. The summed E-state index contributed by atoms with van der Waals surface area (Å²) in [6.45, 7) is 1.70. The molecule has 2 aliphatic heterocycles. The highest BCUT2D eigenvalue weighted by Crippen LogP contribution is 2.38. The van der Waals surface area contributed by atoms with Crippen molar-refractivity contribution < 1.29 is 33.5 Å². The molecule has 3 heterocycles. The van der Waals surface area contributed by atoms with Crippen LogP contribution in [0.5, 0.6) is 0 Å². The van der Waals surface area contributed by atoms with Crippen LogP contribution in [-0.2, 0) is 33.5 Å². The Morgan fingerprint density at radius 1 is 1.09 bits per heavy atom. The summed E-state index contributed by atoms with van der Waals surface area (Å²) in [5, 5.41) is 7.60. The highest BCUT2D eigenvalue weighted by atomic mass is 32.2. The van der Waals surface area contributed by atoms with Gasteiger partial charge in [-0.3, -0.25) is 14.5 Å². The van der Waals surface area contributed by atoms with Crippen LogP contribution in [0.3, 0.4) is 0 Å². The molecule has 2 unspecified atom stereocenters. The summed E-state index contributed by atoms with van der Waals surface area (Å²) in [5.74, 6) is -2.38. The number of thioether (sulfide) groups is 1. The maximum absolute atomic E-state index is 13.3. The van der Waals surface area contributed by atoms with Gasteiger partial charge >= 0.3 is 11.9 Å². The Hall–Kier alpha value is -4.69. The molecular weight excluding hydrogens is 606 g/mol. The fourth-order valence-electron chi connectivity index (χ4n) is 4.70. The number of β-lactam (4-membered cyclic amide) rings is 1. The number of carbonyl (C=O) groups is 4. The Labute approximate surface area is 261 Å². The molecule has 2 amide bonds. The number of rotatable bonds is 11. The van der Waals surface area contributed by atoms with Crippen LogP contribution in [0.25, 0.3) is 0 Å². The van der Waals surface area contributed by atoms with Gasteiger partial charge in [0.2, 0.25) is 0 Å². The number of anilines is 1. The third kappa shape index (κ3) is 6.45. The summed E-state index contributed by atoms with van der Waals surface area (Å²) in [5.41, 5.74) is 7.27. The van der Waals surface area contributed by atoms with E-state index in [4.69, 9.17) is 20.0 Å². The van der Waals surface area contributed by atoms with E-state index in [0.717, 1.165) is 22.5 Å². The monoisotopic (exact) mass is 635 g/mol. The molecular formula is C30H29N5O7S2. The topological polar surface area (TPSA) is 163 Å². The Balaban J connectivity index is 1.25. The highest BCUT2D eigenvalue weighted by Gasteiger charge is 2.53. The number of esters is 2. The smallest absolute Gasteiger partial charge is 0.355 e. The van der Waals surface area contributed by atoms with Crippen molar-refractivity contribution in [2.75, 3.05) is 18.6 Å². The fourth-order valence-corrected chi connectivity index (χ4v) is 6.44. The number of oxime groups is 1.